The molecule has 0 unspecified atom stereocenters. The zero-order valence-electron chi connectivity index (χ0n) is 14.8. The molecule has 1 aliphatic rings. The van der Waals surface area contributed by atoms with Crippen molar-refractivity contribution in [2.75, 3.05) is 20.2 Å². The molecule has 1 aromatic carbocycles. The molecule has 0 spiro atoms. The highest BCUT2D eigenvalue weighted by Gasteiger charge is 2.11. The zero-order chi connectivity index (χ0) is 16.3. The van der Waals surface area contributed by atoms with Gasteiger partial charge in [0, 0.05) is 19.1 Å². The number of hydrogen-bond donors (Lipinski definition) is 2. The summed E-state index contributed by atoms with van der Waals surface area (Å²) in [6.07, 6.45) is 10.0. The lowest BCUT2D eigenvalue weighted by atomic mass is 10.1. The number of unbranched alkanes of at least 4 members (excludes halogenated alkanes) is 1. The van der Waals surface area contributed by atoms with Crippen LogP contribution in [0.2, 0.25) is 0 Å². The average molecular weight is 443 g/mol. The van der Waals surface area contributed by atoms with Crippen LogP contribution in [0.1, 0.15) is 38.2 Å². The van der Waals surface area contributed by atoms with Gasteiger partial charge in [-0.25, -0.2) is 0 Å². The van der Waals surface area contributed by atoms with Crippen molar-refractivity contribution in [2.24, 2.45) is 4.99 Å². The lowest BCUT2D eigenvalue weighted by Gasteiger charge is -2.16. The molecule has 2 N–H and O–H groups in total. The van der Waals surface area contributed by atoms with Crippen molar-refractivity contribution in [1.82, 2.24) is 10.6 Å². The summed E-state index contributed by atoms with van der Waals surface area (Å²) in [5.74, 6) is 1.87. The van der Waals surface area contributed by atoms with Crippen LogP contribution >= 0.6 is 24.0 Å². The van der Waals surface area contributed by atoms with Crippen LogP contribution in [-0.4, -0.2) is 32.2 Å². The van der Waals surface area contributed by atoms with Crippen molar-refractivity contribution in [3.05, 3.63) is 42.0 Å². The van der Waals surface area contributed by atoms with Gasteiger partial charge in [-0.2, -0.15) is 0 Å². The maximum absolute atomic E-state index is 5.18. The predicted octanol–water partition coefficient (Wildman–Crippen LogP) is 3.91. The van der Waals surface area contributed by atoms with Crippen LogP contribution in [0, 0.1) is 0 Å². The maximum atomic E-state index is 5.18. The highest BCUT2D eigenvalue weighted by molar-refractivity contribution is 14.0. The van der Waals surface area contributed by atoms with Gasteiger partial charge in [-0.15, -0.1) is 24.0 Å². The minimum absolute atomic E-state index is 0. The molecule has 0 fully saturated rings. The number of methoxy groups -OCH3 is 1. The molecule has 134 valence electrons. The van der Waals surface area contributed by atoms with Gasteiger partial charge in [0.1, 0.15) is 5.75 Å². The average Bonchev–Trinajstić information content (AvgIpc) is 3.08. The number of benzene rings is 1. The van der Waals surface area contributed by atoms with Crippen molar-refractivity contribution in [3.63, 3.8) is 0 Å². The summed E-state index contributed by atoms with van der Waals surface area (Å²) in [5.41, 5.74) is 1.36. The van der Waals surface area contributed by atoms with E-state index in [9.17, 15) is 0 Å². The van der Waals surface area contributed by atoms with Crippen LogP contribution in [-0.2, 0) is 6.42 Å². The fourth-order valence-corrected chi connectivity index (χ4v) is 2.67. The first kappa shape index (κ1) is 20.8. The molecule has 0 bridgehead atoms. The van der Waals surface area contributed by atoms with E-state index in [1.54, 1.807) is 7.11 Å². The van der Waals surface area contributed by atoms with E-state index in [1.807, 2.05) is 12.1 Å². The molecular weight excluding hydrogens is 413 g/mol. The Morgan fingerprint density at radius 3 is 2.50 bits per heavy atom. The Bertz CT molecular complexity index is 506. The highest BCUT2D eigenvalue weighted by Crippen LogP contribution is 2.13. The lowest BCUT2D eigenvalue weighted by molar-refractivity contribution is 0.414. The van der Waals surface area contributed by atoms with Gasteiger partial charge in [-0.05, 0) is 56.7 Å². The topological polar surface area (TPSA) is 45.7 Å². The summed E-state index contributed by atoms with van der Waals surface area (Å²) in [5, 5.41) is 6.83. The van der Waals surface area contributed by atoms with Crippen LogP contribution in [0.3, 0.4) is 0 Å². The van der Waals surface area contributed by atoms with Gasteiger partial charge >= 0.3 is 0 Å². The largest absolute Gasteiger partial charge is 0.497 e. The monoisotopic (exact) mass is 443 g/mol. The van der Waals surface area contributed by atoms with Crippen molar-refractivity contribution in [1.29, 1.82) is 0 Å². The molecule has 24 heavy (non-hydrogen) atoms. The molecule has 0 saturated heterocycles. The fourth-order valence-electron chi connectivity index (χ4n) is 2.67. The second kappa shape index (κ2) is 12.2. The highest BCUT2D eigenvalue weighted by atomic mass is 127. The van der Waals surface area contributed by atoms with E-state index in [0.29, 0.717) is 6.04 Å². The van der Waals surface area contributed by atoms with Gasteiger partial charge < -0.3 is 15.4 Å². The summed E-state index contributed by atoms with van der Waals surface area (Å²) in [6, 6.07) is 8.83. The standard InChI is InChI=1S/C19H29N3O.HI/c1-3-20-19(22-17-9-4-5-10-17)21-15-7-6-8-16-11-13-18(23-2)14-12-16;/h4-5,11-14,17H,3,6-10,15H2,1-2H3,(H2,20,21,22);1H. The number of nitrogens with one attached hydrogen (secondary N) is 2. The van der Waals surface area contributed by atoms with Crippen LogP contribution in [0.15, 0.2) is 41.4 Å². The summed E-state index contributed by atoms with van der Waals surface area (Å²) in [7, 11) is 1.70. The second-order valence-corrected chi connectivity index (χ2v) is 5.85. The number of ether oxygens (including phenoxy) is 1. The van der Waals surface area contributed by atoms with Crippen LogP contribution < -0.4 is 15.4 Å². The third-order valence-corrected chi connectivity index (χ3v) is 4.00. The second-order valence-electron chi connectivity index (χ2n) is 5.85. The normalized spacial score (nSPS) is 14.3. The van der Waals surface area contributed by atoms with E-state index in [0.717, 1.165) is 56.9 Å². The molecular formula is C19H30IN3O. The first-order valence-corrected chi connectivity index (χ1v) is 8.64. The molecule has 0 aliphatic heterocycles. The van der Waals surface area contributed by atoms with Gasteiger partial charge in [0.05, 0.1) is 7.11 Å². The van der Waals surface area contributed by atoms with Crippen molar-refractivity contribution in [3.8, 4) is 5.75 Å². The summed E-state index contributed by atoms with van der Waals surface area (Å²) in [4.78, 5) is 4.68. The summed E-state index contributed by atoms with van der Waals surface area (Å²) < 4.78 is 5.18. The van der Waals surface area contributed by atoms with E-state index in [1.165, 1.54) is 5.56 Å². The molecule has 0 atom stereocenters. The number of aliphatic imine (C=N–C) groups is 1. The SMILES string of the molecule is CCNC(=NCCCCc1ccc(OC)cc1)NC1CC=CC1.I. The van der Waals surface area contributed by atoms with E-state index in [2.05, 4.69) is 46.8 Å². The molecule has 0 radical (unpaired) electrons. The van der Waals surface area contributed by atoms with Gasteiger partial charge in [-0.3, -0.25) is 4.99 Å². The molecule has 4 nitrogen and oxygen atoms in total. The Morgan fingerprint density at radius 2 is 1.88 bits per heavy atom. The smallest absolute Gasteiger partial charge is 0.191 e. The van der Waals surface area contributed by atoms with Crippen molar-refractivity contribution >= 4 is 29.9 Å². The first-order chi connectivity index (χ1) is 11.3. The Labute approximate surface area is 163 Å². The van der Waals surface area contributed by atoms with Gasteiger partial charge in [-0.1, -0.05) is 24.3 Å². The van der Waals surface area contributed by atoms with E-state index >= 15 is 0 Å². The van der Waals surface area contributed by atoms with Gasteiger partial charge in [0.25, 0.3) is 0 Å². The molecule has 1 aromatic rings. The summed E-state index contributed by atoms with van der Waals surface area (Å²) in [6.45, 7) is 3.87. The molecule has 0 amide bonds. The number of rotatable bonds is 8. The van der Waals surface area contributed by atoms with Crippen molar-refractivity contribution < 1.29 is 4.74 Å². The van der Waals surface area contributed by atoms with Crippen LogP contribution in [0.5, 0.6) is 5.75 Å². The van der Waals surface area contributed by atoms with Gasteiger partial charge in [0.15, 0.2) is 5.96 Å². The molecule has 5 heteroatoms. The third kappa shape index (κ3) is 7.55. The number of hydrogen-bond acceptors (Lipinski definition) is 2. The van der Waals surface area contributed by atoms with Crippen molar-refractivity contribution in [2.45, 2.75) is 45.1 Å². The van der Waals surface area contributed by atoms with Crippen LogP contribution in [0.4, 0.5) is 0 Å². The molecule has 0 heterocycles. The summed E-state index contributed by atoms with van der Waals surface area (Å²) >= 11 is 0. The number of guanidine groups is 1. The minimum Gasteiger partial charge on any atom is -0.497 e. The zero-order valence-corrected chi connectivity index (χ0v) is 17.1. The fraction of sp³-hybridized carbons (Fsp3) is 0.526. The van der Waals surface area contributed by atoms with E-state index < -0.39 is 0 Å². The Hall–Kier alpha value is -1.24. The van der Waals surface area contributed by atoms with Crippen LogP contribution in [0.25, 0.3) is 0 Å². The number of halogens is 1. The first-order valence-electron chi connectivity index (χ1n) is 8.64. The predicted molar refractivity (Wildman–Crippen MR) is 113 cm³/mol. The molecule has 2 rings (SSSR count). The quantitative estimate of drug-likeness (QED) is 0.211. The Morgan fingerprint density at radius 1 is 1.17 bits per heavy atom. The van der Waals surface area contributed by atoms with Gasteiger partial charge in [0.2, 0.25) is 0 Å². The molecule has 1 aliphatic carbocycles. The Balaban J connectivity index is 0.00000288. The lowest BCUT2D eigenvalue weighted by Crippen LogP contribution is -2.42. The third-order valence-electron chi connectivity index (χ3n) is 4.00. The number of aryl methyl sites for hydroxylation is 1. The molecule has 0 aromatic heterocycles. The number of nitrogens with zero attached hydrogens (tertiary/aromatic N) is 1. The Kier molecular flexibility index (Phi) is 10.5. The van der Waals surface area contributed by atoms with E-state index in [4.69, 9.17) is 4.74 Å². The molecule has 0 saturated carbocycles. The van der Waals surface area contributed by atoms with E-state index in [-0.39, 0.29) is 24.0 Å². The minimum atomic E-state index is 0. The maximum Gasteiger partial charge on any atom is 0.191 e.